The summed E-state index contributed by atoms with van der Waals surface area (Å²) in [5, 5.41) is 9.71. The molecule has 0 spiro atoms. The Hall–Kier alpha value is -4.04. The Morgan fingerprint density at radius 1 is 1.00 bits per heavy atom. The maximum absolute atomic E-state index is 13.0. The number of piperidine rings is 1. The molecular weight excluding hydrogens is 492 g/mol. The standard InChI is InChI=1S/C31H36N4O4/c1-39-26-15-13-24(14-16-26)21-33(20-23-8-3-2-4-9-23)18-7-10-25-22-34(31(37)38)19-17-28(25)35-29-12-6-5-11-27(29)32-30(35)36/h2-6,8-9,11-16,25,28H,7,10,17-22H2,1H3,(H,32,36)(H,37,38). The molecule has 0 radical (unpaired) electrons. The van der Waals surface area contributed by atoms with Crippen LogP contribution in [0.4, 0.5) is 4.79 Å². The number of likely N-dealkylation sites (tertiary alicyclic amines) is 1. The third-order valence-corrected chi connectivity index (χ3v) is 7.78. The van der Waals surface area contributed by atoms with E-state index in [2.05, 4.69) is 46.3 Å². The molecule has 3 aromatic carbocycles. The Kier molecular flexibility index (Phi) is 8.32. The molecule has 0 bridgehead atoms. The van der Waals surface area contributed by atoms with Crippen molar-refractivity contribution in [3.8, 4) is 5.75 Å². The van der Waals surface area contributed by atoms with E-state index in [1.165, 1.54) is 16.0 Å². The predicted octanol–water partition coefficient (Wildman–Crippen LogP) is 5.36. The summed E-state index contributed by atoms with van der Waals surface area (Å²) >= 11 is 0. The van der Waals surface area contributed by atoms with Gasteiger partial charge in [0.2, 0.25) is 0 Å². The van der Waals surface area contributed by atoms with Gasteiger partial charge in [0.15, 0.2) is 0 Å². The van der Waals surface area contributed by atoms with E-state index in [4.69, 9.17) is 4.74 Å². The third-order valence-electron chi connectivity index (χ3n) is 7.78. The van der Waals surface area contributed by atoms with Crippen LogP contribution in [-0.4, -0.2) is 57.3 Å². The van der Waals surface area contributed by atoms with Crippen LogP contribution in [0, 0.1) is 5.92 Å². The van der Waals surface area contributed by atoms with E-state index < -0.39 is 6.09 Å². The number of carbonyl (C=O) groups is 1. The van der Waals surface area contributed by atoms with E-state index in [0.717, 1.165) is 49.3 Å². The molecule has 1 aliphatic heterocycles. The Morgan fingerprint density at radius 3 is 2.41 bits per heavy atom. The number of imidazole rings is 1. The molecule has 204 valence electrons. The zero-order chi connectivity index (χ0) is 27.2. The first-order chi connectivity index (χ1) is 19.0. The summed E-state index contributed by atoms with van der Waals surface area (Å²) in [5.41, 5.74) is 4.04. The Morgan fingerprint density at radius 2 is 1.69 bits per heavy atom. The minimum atomic E-state index is -0.894. The highest BCUT2D eigenvalue weighted by Gasteiger charge is 2.34. The Bertz CT molecular complexity index is 1430. The van der Waals surface area contributed by atoms with Gasteiger partial charge in [0.1, 0.15) is 5.75 Å². The number of aromatic amines is 1. The lowest BCUT2D eigenvalue weighted by Crippen LogP contribution is -2.45. The Balaban J connectivity index is 1.32. The highest BCUT2D eigenvalue weighted by Crippen LogP contribution is 2.33. The van der Waals surface area contributed by atoms with Crippen molar-refractivity contribution in [1.29, 1.82) is 0 Å². The minimum absolute atomic E-state index is 0.0475. The number of hydrogen-bond donors (Lipinski definition) is 2. The first-order valence-electron chi connectivity index (χ1n) is 13.6. The lowest BCUT2D eigenvalue weighted by molar-refractivity contribution is 0.0932. The van der Waals surface area contributed by atoms with Gasteiger partial charge < -0.3 is 19.7 Å². The summed E-state index contributed by atoms with van der Waals surface area (Å²) in [6.45, 7) is 3.35. The molecule has 2 unspecified atom stereocenters. The van der Waals surface area contributed by atoms with Crippen LogP contribution in [0.5, 0.6) is 5.75 Å². The number of H-pyrrole nitrogens is 1. The van der Waals surface area contributed by atoms with E-state index in [1.54, 1.807) is 7.11 Å². The summed E-state index contributed by atoms with van der Waals surface area (Å²) in [5.74, 6) is 0.888. The van der Waals surface area contributed by atoms with Crippen molar-refractivity contribution in [2.45, 2.75) is 38.4 Å². The SMILES string of the molecule is COc1ccc(CN(CCCC2CN(C(=O)O)CCC2n2c(=O)[nH]c3ccccc32)Cc2ccccc2)cc1. The van der Waals surface area contributed by atoms with Crippen LogP contribution in [0.2, 0.25) is 0 Å². The fourth-order valence-corrected chi connectivity index (χ4v) is 5.84. The topological polar surface area (TPSA) is 90.8 Å². The zero-order valence-electron chi connectivity index (χ0n) is 22.3. The third kappa shape index (κ3) is 6.34. The molecule has 2 atom stereocenters. The van der Waals surface area contributed by atoms with Crippen molar-refractivity contribution in [2.75, 3.05) is 26.7 Å². The van der Waals surface area contributed by atoms with Crippen molar-refractivity contribution >= 4 is 17.1 Å². The molecule has 1 aromatic heterocycles. The van der Waals surface area contributed by atoms with Gasteiger partial charge in [0, 0.05) is 32.2 Å². The number of benzene rings is 3. The number of amides is 1. The number of aromatic nitrogens is 2. The number of nitrogens with one attached hydrogen (secondary N) is 1. The molecule has 0 saturated carbocycles. The van der Waals surface area contributed by atoms with Crippen molar-refractivity contribution in [1.82, 2.24) is 19.4 Å². The van der Waals surface area contributed by atoms with E-state index in [9.17, 15) is 14.7 Å². The molecule has 1 amide bonds. The molecule has 1 saturated heterocycles. The van der Waals surface area contributed by atoms with Gasteiger partial charge in [-0.05, 0) is 67.1 Å². The normalized spacial score (nSPS) is 17.5. The summed E-state index contributed by atoms with van der Waals surface area (Å²) in [6, 6.07) is 26.3. The van der Waals surface area contributed by atoms with Gasteiger partial charge in [0.05, 0.1) is 18.1 Å². The summed E-state index contributed by atoms with van der Waals surface area (Å²) < 4.78 is 7.18. The molecule has 2 heterocycles. The number of para-hydroxylation sites is 2. The van der Waals surface area contributed by atoms with Gasteiger partial charge in [-0.2, -0.15) is 0 Å². The van der Waals surface area contributed by atoms with Crippen molar-refractivity contribution in [3.63, 3.8) is 0 Å². The lowest BCUT2D eigenvalue weighted by Gasteiger charge is -2.38. The van der Waals surface area contributed by atoms with Gasteiger partial charge in [-0.15, -0.1) is 0 Å². The molecule has 39 heavy (non-hydrogen) atoms. The first-order valence-corrected chi connectivity index (χ1v) is 13.6. The van der Waals surface area contributed by atoms with E-state index in [0.29, 0.717) is 19.5 Å². The van der Waals surface area contributed by atoms with E-state index in [1.807, 2.05) is 47.0 Å². The Labute approximate surface area is 228 Å². The molecule has 5 rings (SSSR count). The van der Waals surface area contributed by atoms with Gasteiger partial charge >= 0.3 is 11.8 Å². The average molecular weight is 529 g/mol. The van der Waals surface area contributed by atoms with E-state index >= 15 is 0 Å². The number of methoxy groups -OCH3 is 1. The monoisotopic (exact) mass is 528 g/mol. The molecule has 2 N–H and O–H groups in total. The van der Waals surface area contributed by atoms with E-state index in [-0.39, 0.29) is 17.6 Å². The fourth-order valence-electron chi connectivity index (χ4n) is 5.84. The van der Waals surface area contributed by atoms with Crippen molar-refractivity contribution in [2.24, 2.45) is 5.92 Å². The summed E-state index contributed by atoms with van der Waals surface area (Å²) in [6.07, 6.45) is 1.45. The fraction of sp³-hybridized carbons (Fsp3) is 0.355. The first kappa shape index (κ1) is 26.6. The predicted molar refractivity (Wildman–Crippen MR) is 152 cm³/mol. The van der Waals surface area contributed by atoms with Crippen LogP contribution in [0.15, 0.2) is 83.7 Å². The number of fused-ring (bicyclic) bond motifs is 1. The van der Waals surface area contributed by atoms with Crippen LogP contribution in [-0.2, 0) is 13.1 Å². The molecule has 1 fully saturated rings. The molecule has 1 aliphatic rings. The highest BCUT2D eigenvalue weighted by atomic mass is 16.5. The van der Waals surface area contributed by atoms with Crippen LogP contribution in [0.1, 0.15) is 36.4 Å². The largest absolute Gasteiger partial charge is 0.497 e. The number of rotatable bonds is 10. The molecule has 8 nitrogen and oxygen atoms in total. The smallest absolute Gasteiger partial charge is 0.407 e. The second-order valence-corrected chi connectivity index (χ2v) is 10.3. The van der Waals surface area contributed by atoms with Gasteiger partial charge in [-0.25, -0.2) is 9.59 Å². The number of ether oxygens (including phenoxy) is 1. The van der Waals surface area contributed by atoms with Crippen LogP contribution in [0.25, 0.3) is 11.0 Å². The quantitative estimate of drug-likeness (QED) is 0.289. The maximum Gasteiger partial charge on any atom is 0.407 e. The van der Waals surface area contributed by atoms with Crippen LogP contribution >= 0.6 is 0 Å². The second kappa shape index (κ2) is 12.2. The zero-order valence-corrected chi connectivity index (χ0v) is 22.3. The molecule has 8 heteroatoms. The van der Waals surface area contributed by atoms with Crippen LogP contribution < -0.4 is 10.4 Å². The number of nitrogens with zero attached hydrogens (tertiary/aromatic N) is 3. The molecular formula is C31H36N4O4. The molecule has 0 aliphatic carbocycles. The number of hydrogen-bond acceptors (Lipinski definition) is 4. The van der Waals surface area contributed by atoms with Gasteiger partial charge in [-0.1, -0.05) is 54.6 Å². The summed E-state index contributed by atoms with van der Waals surface area (Å²) in [4.78, 5) is 31.7. The number of carboxylic acid groups (broad SMARTS) is 1. The van der Waals surface area contributed by atoms with Crippen molar-refractivity contribution < 1.29 is 14.6 Å². The van der Waals surface area contributed by atoms with Gasteiger partial charge in [-0.3, -0.25) is 9.47 Å². The lowest BCUT2D eigenvalue weighted by atomic mass is 9.87. The van der Waals surface area contributed by atoms with Crippen LogP contribution in [0.3, 0.4) is 0 Å². The van der Waals surface area contributed by atoms with Crippen molar-refractivity contribution in [3.05, 3.63) is 100 Å². The maximum atomic E-state index is 13.0. The van der Waals surface area contributed by atoms with Gasteiger partial charge in [0.25, 0.3) is 0 Å². The second-order valence-electron chi connectivity index (χ2n) is 10.3. The minimum Gasteiger partial charge on any atom is -0.497 e. The average Bonchev–Trinajstić information content (AvgIpc) is 3.29. The molecule has 4 aromatic rings. The highest BCUT2D eigenvalue weighted by molar-refractivity contribution is 5.75. The summed E-state index contributed by atoms with van der Waals surface area (Å²) in [7, 11) is 1.67.